The SMILES string of the molecule is CCNOC(=O)C(Cc1ccccc1)c1ncc(-c2ccc(N)nc2)[nH]1. The molecule has 0 aliphatic rings. The van der Waals surface area contributed by atoms with Crippen LogP contribution in [0.3, 0.4) is 0 Å². The zero-order valence-electron chi connectivity index (χ0n) is 14.5. The normalized spacial score (nSPS) is 11.9. The number of nitrogens with one attached hydrogen (secondary N) is 2. The molecule has 1 aromatic carbocycles. The van der Waals surface area contributed by atoms with Crippen molar-refractivity contribution in [3.8, 4) is 11.3 Å². The molecule has 3 rings (SSSR count). The number of carbonyl (C=O) groups is 1. The van der Waals surface area contributed by atoms with Crippen molar-refractivity contribution in [3.05, 3.63) is 66.2 Å². The molecule has 2 heterocycles. The fraction of sp³-hybridized carbons (Fsp3) is 0.211. The number of imidazole rings is 1. The van der Waals surface area contributed by atoms with Crippen molar-refractivity contribution < 1.29 is 9.63 Å². The summed E-state index contributed by atoms with van der Waals surface area (Å²) in [5.41, 5.74) is 10.9. The summed E-state index contributed by atoms with van der Waals surface area (Å²) in [5.74, 6) is 0.0622. The summed E-state index contributed by atoms with van der Waals surface area (Å²) >= 11 is 0. The monoisotopic (exact) mass is 351 g/mol. The first-order valence-corrected chi connectivity index (χ1v) is 8.41. The van der Waals surface area contributed by atoms with Gasteiger partial charge in [0.25, 0.3) is 0 Å². The number of hydroxylamine groups is 1. The van der Waals surface area contributed by atoms with Gasteiger partial charge in [0.15, 0.2) is 0 Å². The van der Waals surface area contributed by atoms with Gasteiger partial charge in [0.1, 0.15) is 17.6 Å². The van der Waals surface area contributed by atoms with Gasteiger partial charge in [-0.05, 0) is 31.0 Å². The van der Waals surface area contributed by atoms with Crippen molar-refractivity contribution >= 4 is 11.8 Å². The molecule has 0 spiro atoms. The Kier molecular flexibility index (Phi) is 5.60. The molecular weight excluding hydrogens is 330 g/mol. The van der Waals surface area contributed by atoms with Crippen LogP contribution in [0.4, 0.5) is 5.82 Å². The van der Waals surface area contributed by atoms with Gasteiger partial charge in [-0.2, -0.15) is 5.48 Å². The first-order valence-electron chi connectivity index (χ1n) is 8.41. The lowest BCUT2D eigenvalue weighted by molar-refractivity contribution is -0.153. The summed E-state index contributed by atoms with van der Waals surface area (Å²) in [5, 5.41) is 0. The Morgan fingerprint density at radius 1 is 1.19 bits per heavy atom. The molecule has 1 atom stereocenters. The summed E-state index contributed by atoms with van der Waals surface area (Å²) in [6.07, 6.45) is 3.83. The molecular formula is C19H21N5O2. The number of hydrogen-bond donors (Lipinski definition) is 3. The van der Waals surface area contributed by atoms with Gasteiger partial charge < -0.3 is 15.6 Å². The molecule has 26 heavy (non-hydrogen) atoms. The Balaban J connectivity index is 1.86. The maximum Gasteiger partial charge on any atom is 0.335 e. The quantitative estimate of drug-likeness (QED) is 0.565. The standard InChI is InChI=1S/C19H21N5O2/c1-2-23-26-19(25)15(10-13-6-4-3-5-7-13)18-22-12-16(24-18)14-8-9-17(20)21-11-14/h3-9,11-12,15,23H,2,10H2,1H3,(H2,20,21)(H,22,24). The predicted octanol–water partition coefficient (Wildman–Crippen LogP) is 2.45. The van der Waals surface area contributed by atoms with E-state index in [4.69, 9.17) is 10.6 Å². The number of nitrogen functional groups attached to an aromatic ring is 1. The highest BCUT2D eigenvalue weighted by Crippen LogP contribution is 2.24. The topological polar surface area (TPSA) is 106 Å². The van der Waals surface area contributed by atoms with Gasteiger partial charge in [-0.15, -0.1) is 0 Å². The van der Waals surface area contributed by atoms with E-state index in [1.54, 1.807) is 18.5 Å². The number of anilines is 1. The molecule has 2 aromatic heterocycles. The smallest absolute Gasteiger partial charge is 0.335 e. The number of benzene rings is 1. The lowest BCUT2D eigenvalue weighted by atomic mass is 9.99. The number of nitrogens with zero attached hydrogens (tertiary/aromatic N) is 2. The molecule has 0 fully saturated rings. The Hall–Kier alpha value is -3.19. The fourth-order valence-corrected chi connectivity index (χ4v) is 2.58. The second-order valence-corrected chi connectivity index (χ2v) is 5.82. The summed E-state index contributed by atoms with van der Waals surface area (Å²) < 4.78 is 0. The molecule has 0 saturated carbocycles. The predicted molar refractivity (Wildman–Crippen MR) is 98.9 cm³/mol. The van der Waals surface area contributed by atoms with Crippen molar-refractivity contribution in [2.75, 3.05) is 12.3 Å². The molecule has 4 N–H and O–H groups in total. The van der Waals surface area contributed by atoms with Gasteiger partial charge in [-0.25, -0.2) is 14.8 Å². The third kappa shape index (κ3) is 4.25. The summed E-state index contributed by atoms with van der Waals surface area (Å²) in [7, 11) is 0. The molecule has 7 heteroatoms. The number of rotatable bonds is 7. The lowest BCUT2D eigenvalue weighted by Gasteiger charge is -2.14. The van der Waals surface area contributed by atoms with E-state index in [0.717, 1.165) is 16.8 Å². The van der Waals surface area contributed by atoms with Crippen molar-refractivity contribution in [3.63, 3.8) is 0 Å². The zero-order chi connectivity index (χ0) is 18.4. The molecule has 7 nitrogen and oxygen atoms in total. The second-order valence-electron chi connectivity index (χ2n) is 5.82. The second kappa shape index (κ2) is 8.26. The molecule has 0 saturated heterocycles. The largest absolute Gasteiger partial charge is 0.384 e. The van der Waals surface area contributed by atoms with E-state index >= 15 is 0 Å². The van der Waals surface area contributed by atoms with Crippen LogP contribution < -0.4 is 11.2 Å². The first kappa shape index (κ1) is 17.6. The van der Waals surface area contributed by atoms with Gasteiger partial charge >= 0.3 is 5.97 Å². The van der Waals surface area contributed by atoms with Gasteiger partial charge in [-0.3, -0.25) is 0 Å². The molecule has 1 unspecified atom stereocenters. The summed E-state index contributed by atoms with van der Waals surface area (Å²) in [6, 6.07) is 13.3. The number of pyridine rings is 1. The number of aromatic amines is 1. The van der Waals surface area contributed by atoms with E-state index in [9.17, 15) is 4.79 Å². The Bertz CT molecular complexity index is 846. The highest BCUT2D eigenvalue weighted by molar-refractivity contribution is 5.77. The van der Waals surface area contributed by atoms with E-state index in [-0.39, 0.29) is 5.97 Å². The van der Waals surface area contributed by atoms with Gasteiger partial charge in [0, 0.05) is 18.3 Å². The molecule has 0 amide bonds. The number of carbonyl (C=O) groups excluding carboxylic acids is 1. The Morgan fingerprint density at radius 2 is 2.00 bits per heavy atom. The van der Waals surface area contributed by atoms with Gasteiger partial charge in [0.05, 0.1) is 11.9 Å². The number of H-pyrrole nitrogens is 1. The van der Waals surface area contributed by atoms with Crippen LogP contribution in [0.1, 0.15) is 24.2 Å². The average molecular weight is 351 g/mol. The van der Waals surface area contributed by atoms with Crippen LogP contribution in [-0.4, -0.2) is 27.5 Å². The summed E-state index contributed by atoms with van der Waals surface area (Å²) in [4.78, 5) is 29.3. The molecule has 3 aromatic rings. The summed E-state index contributed by atoms with van der Waals surface area (Å²) in [6.45, 7) is 2.39. The minimum Gasteiger partial charge on any atom is -0.384 e. The number of aromatic nitrogens is 3. The van der Waals surface area contributed by atoms with Crippen LogP contribution in [0, 0.1) is 0 Å². The van der Waals surface area contributed by atoms with Crippen molar-refractivity contribution in [2.45, 2.75) is 19.3 Å². The maximum atomic E-state index is 12.5. The first-order chi connectivity index (χ1) is 12.7. The molecule has 0 bridgehead atoms. The highest BCUT2D eigenvalue weighted by atomic mass is 16.7. The van der Waals surface area contributed by atoms with E-state index in [0.29, 0.717) is 24.6 Å². The zero-order valence-corrected chi connectivity index (χ0v) is 14.5. The van der Waals surface area contributed by atoms with E-state index < -0.39 is 5.92 Å². The minimum absolute atomic E-state index is 0.382. The van der Waals surface area contributed by atoms with Gasteiger partial charge in [0.2, 0.25) is 0 Å². The van der Waals surface area contributed by atoms with Crippen LogP contribution >= 0.6 is 0 Å². The van der Waals surface area contributed by atoms with E-state index in [1.807, 2.05) is 43.3 Å². The number of nitrogens with two attached hydrogens (primary N) is 1. The molecule has 134 valence electrons. The Labute approximate surface area is 151 Å². The van der Waals surface area contributed by atoms with Crippen molar-refractivity contribution in [2.24, 2.45) is 0 Å². The maximum absolute atomic E-state index is 12.5. The third-order valence-electron chi connectivity index (χ3n) is 3.91. The van der Waals surface area contributed by atoms with Crippen molar-refractivity contribution in [1.82, 2.24) is 20.4 Å². The van der Waals surface area contributed by atoms with Crippen LogP contribution in [-0.2, 0) is 16.1 Å². The molecule has 0 aliphatic heterocycles. The Morgan fingerprint density at radius 3 is 2.69 bits per heavy atom. The van der Waals surface area contributed by atoms with E-state index in [2.05, 4.69) is 20.4 Å². The third-order valence-corrected chi connectivity index (χ3v) is 3.91. The highest BCUT2D eigenvalue weighted by Gasteiger charge is 2.26. The molecule has 0 aliphatic carbocycles. The van der Waals surface area contributed by atoms with Crippen molar-refractivity contribution in [1.29, 1.82) is 0 Å². The average Bonchev–Trinajstić information content (AvgIpc) is 3.15. The van der Waals surface area contributed by atoms with Crippen LogP contribution in [0.2, 0.25) is 0 Å². The van der Waals surface area contributed by atoms with Crippen LogP contribution in [0.5, 0.6) is 0 Å². The minimum atomic E-state index is -0.549. The lowest BCUT2D eigenvalue weighted by Crippen LogP contribution is -2.26. The fourth-order valence-electron chi connectivity index (χ4n) is 2.58. The number of hydrogen-bond acceptors (Lipinski definition) is 6. The molecule has 0 radical (unpaired) electrons. The van der Waals surface area contributed by atoms with Crippen LogP contribution in [0.25, 0.3) is 11.3 Å². The van der Waals surface area contributed by atoms with Gasteiger partial charge in [-0.1, -0.05) is 30.3 Å². The van der Waals surface area contributed by atoms with E-state index in [1.165, 1.54) is 0 Å². The van der Waals surface area contributed by atoms with Crippen LogP contribution in [0.15, 0.2) is 54.9 Å².